The van der Waals surface area contributed by atoms with E-state index in [1.165, 1.54) is 12.1 Å². The van der Waals surface area contributed by atoms with Crippen molar-refractivity contribution < 1.29 is 19.8 Å². The number of hydrogen-bond acceptors (Lipinski definition) is 4. The van der Waals surface area contributed by atoms with Gasteiger partial charge in [0.2, 0.25) is 5.78 Å². The van der Waals surface area contributed by atoms with Gasteiger partial charge in [0.15, 0.2) is 17.8 Å². The molecule has 0 aliphatic rings. The molecule has 0 spiro atoms. The molecule has 0 atom stereocenters. The first-order chi connectivity index (χ1) is 8.10. The zero-order chi connectivity index (χ0) is 12.8. The second-order valence-corrected chi connectivity index (χ2v) is 3.95. The molecule has 4 heteroatoms. The van der Waals surface area contributed by atoms with Crippen LogP contribution >= 0.6 is 0 Å². The highest BCUT2D eigenvalue weighted by molar-refractivity contribution is 6.34. The quantitative estimate of drug-likeness (QED) is 0.261. The van der Waals surface area contributed by atoms with Crippen molar-refractivity contribution in [3.05, 3.63) is 23.3 Å². The maximum atomic E-state index is 11.2. The Bertz CT molecular complexity index is 424. The van der Waals surface area contributed by atoms with Gasteiger partial charge in [-0.25, -0.2) is 0 Å². The smallest absolute Gasteiger partial charge is 0.229 e. The number of unbranched alkanes of at least 4 members (excludes halogenated alkanes) is 2. The first kappa shape index (κ1) is 13.2. The number of phenols is 2. The lowest BCUT2D eigenvalue weighted by Crippen LogP contribution is -2.02. The van der Waals surface area contributed by atoms with Crippen LogP contribution in [-0.4, -0.2) is 22.3 Å². The van der Waals surface area contributed by atoms with Gasteiger partial charge >= 0.3 is 0 Å². The van der Waals surface area contributed by atoms with Gasteiger partial charge in [0.1, 0.15) is 0 Å². The van der Waals surface area contributed by atoms with Gasteiger partial charge in [0, 0.05) is 0 Å². The fraction of sp³-hybridized carbons (Fsp3) is 0.385. The van der Waals surface area contributed by atoms with Gasteiger partial charge in [-0.05, 0) is 30.5 Å². The average molecular weight is 236 g/mol. The molecule has 0 unspecified atom stereocenters. The molecule has 0 bridgehead atoms. The van der Waals surface area contributed by atoms with Crippen molar-refractivity contribution in [2.45, 2.75) is 32.6 Å². The molecule has 17 heavy (non-hydrogen) atoms. The van der Waals surface area contributed by atoms with Crippen molar-refractivity contribution in [1.82, 2.24) is 0 Å². The zero-order valence-electron chi connectivity index (χ0n) is 9.77. The third-order valence-electron chi connectivity index (χ3n) is 2.59. The van der Waals surface area contributed by atoms with E-state index in [4.69, 9.17) is 0 Å². The summed E-state index contributed by atoms with van der Waals surface area (Å²) < 4.78 is 0. The molecule has 2 N–H and O–H groups in total. The minimum absolute atomic E-state index is 0.129. The fourth-order valence-corrected chi connectivity index (χ4v) is 1.65. The third-order valence-corrected chi connectivity index (χ3v) is 2.59. The van der Waals surface area contributed by atoms with Crippen molar-refractivity contribution in [3.8, 4) is 11.5 Å². The van der Waals surface area contributed by atoms with Crippen molar-refractivity contribution in [3.63, 3.8) is 0 Å². The van der Waals surface area contributed by atoms with Crippen molar-refractivity contribution >= 4 is 12.1 Å². The molecule has 0 aliphatic carbocycles. The Morgan fingerprint density at radius 1 is 1.29 bits per heavy atom. The summed E-state index contributed by atoms with van der Waals surface area (Å²) in [7, 11) is 0. The summed E-state index contributed by atoms with van der Waals surface area (Å²) in [6.07, 6.45) is 3.91. The molecular formula is C13H16O4. The number of carbonyl (C=O) groups is 2. The van der Waals surface area contributed by atoms with E-state index >= 15 is 0 Å². The molecule has 1 rings (SSSR count). The predicted octanol–water partition coefficient (Wildman–Crippen LogP) is 2.21. The normalized spacial score (nSPS) is 10.2. The molecular weight excluding hydrogens is 220 g/mol. The number of Topliss-reactive ketones (excluding diaryl/α,β-unsaturated/α-hetero) is 1. The molecule has 0 saturated heterocycles. The SMILES string of the molecule is CCCCCc1cc(O)c(O)c(C(=O)C=O)c1. The highest BCUT2D eigenvalue weighted by Crippen LogP contribution is 2.31. The van der Waals surface area contributed by atoms with E-state index in [1.807, 2.05) is 0 Å². The molecule has 1 aromatic rings. The van der Waals surface area contributed by atoms with Gasteiger partial charge in [-0.15, -0.1) is 0 Å². The third kappa shape index (κ3) is 3.31. The van der Waals surface area contributed by atoms with Crippen LogP contribution in [0.4, 0.5) is 0 Å². The van der Waals surface area contributed by atoms with Gasteiger partial charge in [-0.1, -0.05) is 19.8 Å². The monoisotopic (exact) mass is 236 g/mol. The average Bonchev–Trinajstić information content (AvgIpc) is 2.32. The number of phenolic OH excluding ortho intramolecular Hbond substituents is 2. The van der Waals surface area contributed by atoms with Gasteiger partial charge < -0.3 is 10.2 Å². The van der Waals surface area contributed by atoms with Crippen LogP contribution in [0.25, 0.3) is 0 Å². The molecule has 0 saturated carbocycles. The Hall–Kier alpha value is -1.84. The van der Waals surface area contributed by atoms with E-state index < -0.39 is 11.5 Å². The number of ketones is 1. The summed E-state index contributed by atoms with van der Waals surface area (Å²) in [5.74, 6) is -1.71. The summed E-state index contributed by atoms with van der Waals surface area (Å²) in [4.78, 5) is 21.6. The maximum Gasteiger partial charge on any atom is 0.229 e. The molecule has 0 radical (unpaired) electrons. The minimum Gasteiger partial charge on any atom is -0.504 e. The number of aryl methyl sites for hydroxylation is 1. The summed E-state index contributed by atoms with van der Waals surface area (Å²) in [6, 6.07) is 2.88. The van der Waals surface area contributed by atoms with Crippen LogP contribution in [-0.2, 0) is 11.2 Å². The topological polar surface area (TPSA) is 74.6 Å². The van der Waals surface area contributed by atoms with Crippen molar-refractivity contribution in [1.29, 1.82) is 0 Å². The predicted molar refractivity (Wildman–Crippen MR) is 63.4 cm³/mol. The number of rotatable bonds is 6. The van der Waals surface area contributed by atoms with Crippen LogP contribution < -0.4 is 0 Å². The largest absolute Gasteiger partial charge is 0.504 e. The Balaban J connectivity index is 2.97. The first-order valence-corrected chi connectivity index (χ1v) is 5.64. The Morgan fingerprint density at radius 3 is 2.59 bits per heavy atom. The molecule has 92 valence electrons. The van der Waals surface area contributed by atoms with Crippen LogP contribution in [0.3, 0.4) is 0 Å². The van der Waals surface area contributed by atoms with Crippen LogP contribution in [0.2, 0.25) is 0 Å². The molecule has 0 heterocycles. The first-order valence-electron chi connectivity index (χ1n) is 5.64. The van der Waals surface area contributed by atoms with Crippen molar-refractivity contribution in [2.24, 2.45) is 0 Å². The number of aldehydes is 1. The van der Waals surface area contributed by atoms with E-state index in [0.29, 0.717) is 6.42 Å². The van der Waals surface area contributed by atoms with E-state index in [0.717, 1.165) is 24.8 Å². The highest BCUT2D eigenvalue weighted by Gasteiger charge is 2.15. The number of benzene rings is 1. The molecule has 0 aliphatic heterocycles. The maximum absolute atomic E-state index is 11.2. The Labute approximate surface area is 99.9 Å². The number of hydrogen-bond donors (Lipinski definition) is 2. The van der Waals surface area contributed by atoms with E-state index in [9.17, 15) is 19.8 Å². The Kier molecular flexibility index (Phi) is 4.69. The number of aromatic hydroxyl groups is 2. The van der Waals surface area contributed by atoms with Gasteiger partial charge in [-0.2, -0.15) is 0 Å². The summed E-state index contributed by atoms with van der Waals surface area (Å²) in [5, 5.41) is 18.9. The van der Waals surface area contributed by atoms with Gasteiger partial charge in [0.05, 0.1) is 5.56 Å². The molecule has 0 fully saturated rings. The highest BCUT2D eigenvalue weighted by atomic mass is 16.3. The summed E-state index contributed by atoms with van der Waals surface area (Å²) in [6.45, 7) is 2.08. The minimum atomic E-state index is -0.824. The number of carbonyl (C=O) groups excluding carboxylic acids is 2. The lowest BCUT2D eigenvalue weighted by molar-refractivity contribution is -0.104. The van der Waals surface area contributed by atoms with Crippen LogP contribution in [0.1, 0.15) is 42.1 Å². The Morgan fingerprint density at radius 2 is 2.00 bits per heavy atom. The summed E-state index contributed by atoms with van der Waals surface area (Å²) in [5.41, 5.74) is 0.616. The van der Waals surface area contributed by atoms with Gasteiger partial charge in [-0.3, -0.25) is 9.59 Å². The standard InChI is InChI=1S/C13H16O4/c1-2-3-4-5-9-6-10(12(16)8-14)13(17)11(15)7-9/h6-8,15,17H,2-5H2,1H3. The molecule has 0 amide bonds. The second kappa shape index (κ2) is 6.03. The van der Waals surface area contributed by atoms with Crippen molar-refractivity contribution in [2.75, 3.05) is 0 Å². The van der Waals surface area contributed by atoms with Gasteiger partial charge in [0.25, 0.3) is 0 Å². The van der Waals surface area contributed by atoms with Crippen LogP contribution in [0, 0.1) is 0 Å². The summed E-state index contributed by atoms with van der Waals surface area (Å²) >= 11 is 0. The fourth-order valence-electron chi connectivity index (χ4n) is 1.65. The second-order valence-electron chi connectivity index (χ2n) is 3.95. The zero-order valence-corrected chi connectivity index (χ0v) is 9.77. The van der Waals surface area contributed by atoms with Crippen LogP contribution in [0.15, 0.2) is 12.1 Å². The molecule has 4 nitrogen and oxygen atoms in total. The van der Waals surface area contributed by atoms with Crippen LogP contribution in [0.5, 0.6) is 11.5 Å². The van der Waals surface area contributed by atoms with E-state index in [1.54, 1.807) is 0 Å². The molecule has 0 aromatic heterocycles. The van der Waals surface area contributed by atoms with E-state index in [-0.39, 0.29) is 17.6 Å². The lowest BCUT2D eigenvalue weighted by atomic mass is 10.0. The van der Waals surface area contributed by atoms with E-state index in [2.05, 4.69) is 6.92 Å². The lowest BCUT2D eigenvalue weighted by Gasteiger charge is -2.07. The molecule has 1 aromatic carbocycles.